The van der Waals surface area contributed by atoms with Crippen LogP contribution in [0.25, 0.3) is 11.5 Å². The Kier molecular flexibility index (Phi) is 6.51. The van der Waals surface area contributed by atoms with Gasteiger partial charge in [0.15, 0.2) is 5.82 Å². The lowest BCUT2D eigenvalue weighted by molar-refractivity contribution is 0.155. The third-order valence-electron chi connectivity index (χ3n) is 5.21. The number of benzene rings is 1. The third kappa shape index (κ3) is 4.37. The summed E-state index contributed by atoms with van der Waals surface area (Å²) in [6, 6.07) is 8.17. The summed E-state index contributed by atoms with van der Waals surface area (Å²) in [6.45, 7) is 2.84. The van der Waals surface area contributed by atoms with E-state index in [1.54, 1.807) is 0 Å². The second kappa shape index (κ2) is 8.84. The quantitative estimate of drug-likeness (QED) is 0.879. The van der Waals surface area contributed by atoms with Gasteiger partial charge < -0.3 is 14.6 Å². The van der Waals surface area contributed by atoms with Crippen molar-refractivity contribution in [1.29, 1.82) is 0 Å². The molecular weight excluding hydrogens is 352 g/mol. The first kappa shape index (κ1) is 19.1. The molecular formula is C19H27ClN4O2. The van der Waals surface area contributed by atoms with E-state index in [4.69, 9.17) is 9.26 Å². The predicted molar refractivity (Wildman–Crippen MR) is 103 cm³/mol. The zero-order valence-corrected chi connectivity index (χ0v) is 16.0. The minimum absolute atomic E-state index is 0. The molecule has 1 aromatic heterocycles. The van der Waals surface area contributed by atoms with Gasteiger partial charge in [-0.25, -0.2) is 0 Å². The van der Waals surface area contributed by atoms with Crippen molar-refractivity contribution in [1.82, 2.24) is 20.4 Å². The molecule has 1 saturated carbocycles. The lowest BCUT2D eigenvalue weighted by atomic mass is 9.98. The van der Waals surface area contributed by atoms with E-state index >= 15 is 0 Å². The normalized spacial score (nSPS) is 22.0. The maximum Gasteiger partial charge on any atom is 0.257 e. The molecule has 26 heavy (non-hydrogen) atoms. The molecule has 4 rings (SSSR count). The van der Waals surface area contributed by atoms with Gasteiger partial charge in [-0.3, -0.25) is 4.90 Å². The summed E-state index contributed by atoms with van der Waals surface area (Å²) in [7, 11) is 2.10. The summed E-state index contributed by atoms with van der Waals surface area (Å²) in [5.41, 5.74) is 0.932. The Hall–Kier alpha value is -1.63. The van der Waals surface area contributed by atoms with Gasteiger partial charge in [0.25, 0.3) is 5.89 Å². The Bertz CT molecular complexity index is 685. The van der Waals surface area contributed by atoms with E-state index in [1.807, 2.05) is 24.3 Å². The van der Waals surface area contributed by atoms with Crippen LogP contribution in [0.2, 0.25) is 0 Å². The van der Waals surface area contributed by atoms with Crippen LogP contribution < -0.4 is 10.1 Å². The van der Waals surface area contributed by atoms with Crippen molar-refractivity contribution in [3.63, 3.8) is 0 Å². The average molecular weight is 379 g/mol. The van der Waals surface area contributed by atoms with Gasteiger partial charge in [-0.15, -0.1) is 12.4 Å². The van der Waals surface area contributed by atoms with Crippen LogP contribution in [0, 0.1) is 0 Å². The Morgan fingerprint density at radius 3 is 2.65 bits per heavy atom. The molecule has 6 nitrogen and oxygen atoms in total. The van der Waals surface area contributed by atoms with Crippen LogP contribution in [-0.2, 0) is 0 Å². The van der Waals surface area contributed by atoms with E-state index in [1.165, 1.54) is 19.3 Å². The zero-order chi connectivity index (χ0) is 17.1. The largest absolute Gasteiger partial charge is 0.490 e. The minimum Gasteiger partial charge on any atom is -0.490 e. The molecule has 1 saturated heterocycles. The van der Waals surface area contributed by atoms with Crippen molar-refractivity contribution in [2.45, 2.75) is 44.2 Å². The lowest BCUT2D eigenvalue weighted by Gasteiger charge is -2.30. The van der Waals surface area contributed by atoms with Gasteiger partial charge in [0, 0.05) is 25.2 Å². The van der Waals surface area contributed by atoms with E-state index < -0.39 is 0 Å². The van der Waals surface area contributed by atoms with Crippen molar-refractivity contribution in [3.8, 4) is 17.2 Å². The Morgan fingerprint density at radius 2 is 1.92 bits per heavy atom. The van der Waals surface area contributed by atoms with E-state index in [2.05, 4.69) is 27.4 Å². The Labute approximate surface area is 160 Å². The summed E-state index contributed by atoms with van der Waals surface area (Å²) in [5, 5.41) is 7.56. The van der Waals surface area contributed by atoms with Gasteiger partial charge in [-0.05, 0) is 57.0 Å². The molecule has 2 aliphatic rings. The smallest absolute Gasteiger partial charge is 0.257 e. The fourth-order valence-electron chi connectivity index (χ4n) is 3.63. The molecule has 7 heteroatoms. The van der Waals surface area contributed by atoms with Gasteiger partial charge >= 0.3 is 0 Å². The standard InChI is InChI=1S/C19H26N4O2.ClH/c1-23-12-11-20-13-17(23)18-21-19(25-22-18)14-7-9-16(10-8-14)24-15-5-3-2-4-6-15;/h7-10,15,17,20H,2-6,11-13H2,1H3;1H. The zero-order valence-electron chi connectivity index (χ0n) is 15.2. The number of piperazine rings is 1. The van der Waals surface area contributed by atoms with Crippen LogP contribution in [0.4, 0.5) is 0 Å². The molecule has 1 aliphatic heterocycles. The topological polar surface area (TPSA) is 63.4 Å². The first-order valence-corrected chi connectivity index (χ1v) is 9.31. The predicted octanol–water partition coefficient (Wildman–Crippen LogP) is 3.45. The molecule has 2 aromatic rings. The lowest BCUT2D eigenvalue weighted by Crippen LogP contribution is -2.44. The molecule has 0 spiro atoms. The van der Waals surface area contributed by atoms with Gasteiger partial charge in [0.1, 0.15) is 5.75 Å². The maximum absolute atomic E-state index is 6.08. The van der Waals surface area contributed by atoms with Crippen LogP contribution in [0.5, 0.6) is 5.75 Å². The summed E-state index contributed by atoms with van der Waals surface area (Å²) in [6.07, 6.45) is 6.58. The molecule has 1 atom stereocenters. The Morgan fingerprint density at radius 1 is 1.15 bits per heavy atom. The maximum atomic E-state index is 6.08. The molecule has 0 radical (unpaired) electrons. The van der Waals surface area contributed by atoms with Gasteiger partial charge in [0.05, 0.1) is 12.1 Å². The first-order chi connectivity index (χ1) is 12.3. The number of halogens is 1. The van der Waals surface area contributed by atoms with Crippen molar-refractivity contribution in [3.05, 3.63) is 30.1 Å². The highest BCUT2D eigenvalue weighted by Gasteiger charge is 2.25. The number of hydrogen-bond donors (Lipinski definition) is 1. The monoisotopic (exact) mass is 378 g/mol. The average Bonchev–Trinajstić information content (AvgIpc) is 3.13. The molecule has 0 bridgehead atoms. The third-order valence-corrected chi connectivity index (χ3v) is 5.21. The van der Waals surface area contributed by atoms with Crippen molar-refractivity contribution in [2.75, 3.05) is 26.7 Å². The SMILES string of the molecule is CN1CCNCC1c1noc(-c2ccc(OC3CCCCC3)cc2)n1.Cl. The molecule has 2 fully saturated rings. The second-order valence-electron chi connectivity index (χ2n) is 7.06. The summed E-state index contributed by atoms with van der Waals surface area (Å²) < 4.78 is 11.6. The van der Waals surface area contributed by atoms with Crippen LogP contribution in [0.1, 0.15) is 44.0 Å². The van der Waals surface area contributed by atoms with Crippen LogP contribution in [0.15, 0.2) is 28.8 Å². The molecule has 2 heterocycles. The van der Waals surface area contributed by atoms with Gasteiger partial charge in [-0.1, -0.05) is 11.6 Å². The van der Waals surface area contributed by atoms with E-state index in [-0.39, 0.29) is 18.4 Å². The summed E-state index contributed by atoms with van der Waals surface area (Å²) in [5.74, 6) is 2.23. The molecule has 1 aromatic carbocycles. The van der Waals surface area contributed by atoms with Crippen molar-refractivity contribution < 1.29 is 9.26 Å². The van der Waals surface area contributed by atoms with E-state index in [0.29, 0.717) is 12.0 Å². The van der Waals surface area contributed by atoms with E-state index in [0.717, 1.165) is 49.6 Å². The molecule has 142 valence electrons. The van der Waals surface area contributed by atoms with Gasteiger partial charge in [0.2, 0.25) is 0 Å². The number of aromatic nitrogens is 2. The van der Waals surface area contributed by atoms with E-state index in [9.17, 15) is 0 Å². The number of nitrogens with one attached hydrogen (secondary N) is 1. The number of hydrogen-bond acceptors (Lipinski definition) is 6. The van der Waals surface area contributed by atoms with Gasteiger partial charge in [-0.2, -0.15) is 4.98 Å². The van der Waals surface area contributed by atoms with Crippen LogP contribution in [0.3, 0.4) is 0 Å². The van der Waals surface area contributed by atoms with Crippen LogP contribution in [-0.4, -0.2) is 47.8 Å². The van der Waals surface area contributed by atoms with Crippen molar-refractivity contribution in [2.24, 2.45) is 0 Å². The highest BCUT2D eigenvalue weighted by atomic mass is 35.5. The second-order valence-corrected chi connectivity index (χ2v) is 7.06. The highest BCUT2D eigenvalue weighted by molar-refractivity contribution is 5.85. The number of ether oxygens (including phenoxy) is 1. The van der Waals surface area contributed by atoms with Crippen molar-refractivity contribution >= 4 is 12.4 Å². The molecule has 1 aliphatic carbocycles. The highest BCUT2D eigenvalue weighted by Crippen LogP contribution is 2.27. The summed E-state index contributed by atoms with van der Waals surface area (Å²) >= 11 is 0. The van der Waals surface area contributed by atoms with Crippen LogP contribution >= 0.6 is 12.4 Å². The number of rotatable bonds is 4. The molecule has 1 unspecified atom stereocenters. The first-order valence-electron chi connectivity index (χ1n) is 9.31. The fraction of sp³-hybridized carbons (Fsp3) is 0.579. The fourth-order valence-corrected chi connectivity index (χ4v) is 3.63. The number of nitrogens with zero attached hydrogens (tertiary/aromatic N) is 3. The minimum atomic E-state index is 0. The molecule has 0 amide bonds. The summed E-state index contributed by atoms with van der Waals surface area (Å²) in [4.78, 5) is 6.86. The molecule has 1 N–H and O–H groups in total. The number of likely N-dealkylation sites (N-methyl/N-ethyl adjacent to an activating group) is 1. The Balaban J connectivity index is 0.00000196.